The van der Waals surface area contributed by atoms with Gasteiger partial charge in [-0.15, -0.1) is 0 Å². The smallest absolute Gasteiger partial charge is 0.248 e. The lowest BCUT2D eigenvalue weighted by molar-refractivity contribution is -0.111. The third kappa shape index (κ3) is 5.87. The molecule has 184 valence electrons. The van der Waals surface area contributed by atoms with Gasteiger partial charge < -0.3 is 19.5 Å². The molecular formula is C27H27N5O4. The van der Waals surface area contributed by atoms with Crippen LogP contribution in [0.3, 0.4) is 0 Å². The molecule has 0 aliphatic rings. The summed E-state index contributed by atoms with van der Waals surface area (Å²) in [6.07, 6.45) is 3.16. The molecule has 1 N–H and O–H groups in total. The van der Waals surface area contributed by atoms with Crippen molar-refractivity contribution >= 4 is 17.7 Å². The molecule has 0 fully saturated rings. The lowest BCUT2D eigenvalue weighted by atomic mass is 10.2. The standard InChI is InChI=1S/C27H27N5O4/c1-17-14-18(2)32(31-17)25-16-27(29-19(3)28-25)36-22-10-8-21(9-11-22)30-26(33)13-7-20-6-12-23(34-4)24(15-20)35-5/h6-16H,1-5H3,(H,30,33)/b13-7+. The molecule has 0 aliphatic heterocycles. The minimum Gasteiger partial charge on any atom is -0.493 e. The van der Waals surface area contributed by atoms with Crippen LogP contribution in [0.25, 0.3) is 11.9 Å². The molecule has 9 heteroatoms. The minimum absolute atomic E-state index is 0.264. The van der Waals surface area contributed by atoms with Gasteiger partial charge in [-0.3, -0.25) is 4.79 Å². The van der Waals surface area contributed by atoms with Crippen molar-refractivity contribution in [2.24, 2.45) is 0 Å². The van der Waals surface area contributed by atoms with E-state index >= 15 is 0 Å². The van der Waals surface area contributed by atoms with Gasteiger partial charge in [0.05, 0.1) is 19.9 Å². The second-order valence-corrected chi connectivity index (χ2v) is 8.01. The zero-order chi connectivity index (χ0) is 25.7. The van der Waals surface area contributed by atoms with Gasteiger partial charge in [0.1, 0.15) is 11.6 Å². The first-order valence-electron chi connectivity index (χ1n) is 11.2. The Labute approximate surface area is 209 Å². The van der Waals surface area contributed by atoms with E-state index in [1.54, 1.807) is 74.4 Å². The number of aromatic nitrogens is 4. The molecule has 0 saturated carbocycles. The summed E-state index contributed by atoms with van der Waals surface area (Å²) in [4.78, 5) is 21.2. The van der Waals surface area contributed by atoms with E-state index in [2.05, 4.69) is 20.4 Å². The van der Waals surface area contributed by atoms with Gasteiger partial charge in [0.25, 0.3) is 0 Å². The van der Waals surface area contributed by atoms with Crippen LogP contribution in [0.15, 0.2) is 60.7 Å². The van der Waals surface area contributed by atoms with E-state index in [0.29, 0.717) is 40.5 Å². The Morgan fingerprint density at radius 1 is 0.917 bits per heavy atom. The van der Waals surface area contributed by atoms with Crippen LogP contribution >= 0.6 is 0 Å². The molecule has 0 atom stereocenters. The van der Waals surface area contributed by atoms with Crippen molar-refractivity contribution in [2.75, 3.05) is 19.5 Å². The number of nitrogens with zero attached hydrogens (tertiary/aromatic N) is 4. The molecule has 0 aliphatic carbocycles. The average molecular weight is 486 g/mol. The van der Waals surface area contributed by atoms with E-state index in [1.807, 2.05) is 26.0 Å². The molecule has 0 bridgehead atoms. The maximum atomic E-state index is 12.4. The monoisotopic (exact) mass is 485 g/mol. The largest absolute Gasteiger partial charge is 0.493 e. The lowest BCUT2D eigenvalue weighted by Gasteiger charge is -2.10. The molecule has 2 heterocycles. The maximum Gasteiger partial charge on any atom is 0.248 e. The number of nitrogens with one attached hydrogen (secondary N) is 1. The molecule has 0 saturated heterocycles. The third-order valence-electron chi connectivity index (χ3n) is 5.21. The van der Waals surface area contributed by atoms with Gasteiger partial charge in [-0.1, -0.05) is 6.07 Å². The van der Waals surface area contributed by atoms with Crippen molar-refractivity contribution in [1.82, 2.24) is 19.7 Å². The molecule has 1 amide bonds. The predicted octanol–water partition coefficient (Wildman–Crippen LogP) is 5.05. The zero-order valence-corrected chi connectivity index (χ0v) is 20.8. The summed E-state index contributed by atoms with van der Waals surface area (Å²) in [7, 11) is 3.14. The summed E-state index contributed by atoms with van der Waals surface area (Å²) in [5.41, 5.74) is 3.32. The Bertz CT molecular complexity index is 1410. The SMILES string of the molecule is COc1ccc(/C=C/C(=O)Nc2ccc(Oc3cc(-n4nc(C)cc4C)nc(C)n3)cc2)cc1OC. The summed E-state index contributed by atoms with van der Waals surface area (Å²) in [6.45, 7) is 5.70. The molecular weight excluding hydrogens is 458 g/mol. The number of carbonyl (C=O) groups excluding carboxylic acids is 1. The maximum absolute atomic E-state index is 12.4. The Morgan fingerprint density at radius 3 is 2.33 bits per heavy atom. The van der Waals surface area contributed by atoms with Gasteiger partial charge in [-0.2, -0.15) is 10.1 Å². The highest BCUT2D eigenvalue weighted by Gasteiger charge is 2.10. The summed E-state index contributed by atoms with van der Waals surface area (Å²) >= 11 is 0. The van der Waals surface area contributed by atoms with E-state index < -0.39 is 0 Å². The number of benzene rings is 2. The first kappa shape index (κ1) is 24.5. The number of hydrogen-bond donors (Lipinski definition) is 1. The van der Waals surface area contributed by atoms with Gasteiger partial charge in [0.2, 0.25) is 11.8 Å². The van der Waals surface area contributed by atoms with Crippen LogP contribution in [0.4, 0.5) is 5.69 Å². The minimum atomic E-state index is -0.264. The topological polar surface area (TPSA) is 100 Å². The van der Waals surface area contributed by atoms with Crippen LogP contribution in [0.5, 0.6) is 23.1 Å². The predicted molar refractivity (Wildman–Crippen MR) is 137 cm³/mol. The summed E-state index contributed by atoms with van der Waals surface area (Å²) in [5, 5.41) is 7.30. The average Bonchev–Trinajstić information content (AvgIpc) is 3.21. The molecule has 9 nitrogen and oxygen atoms in total. The molecule has 36 heavy (non-hydrogen) atoms. The van der Waals surface area contributed by atoms with Crippen molar-refractivity contribution in [3.8, 4) is 28.9 Å². The lowest BCUT2D eigenvalue weighted by Crippen LogP contribution is -2.07. The number of rotatable bonds is 8. The van der Waals surface area contributed by atoms with Gasteiger partial charge >= 0.3 is 0 Å². The number of hydrogen-bond acceptors (Lipinski definition) is 7. The van der Waals surface area contributed by atoms with Gasteiger partial charge in [-0.05, 0) is 74.9 Å². The molecule has 4 aromatic rings. The fourth-order valence-electron chi connectivity index (χ4n) is 3.59. The Hall–Kier alpha value is -4.66. The number of carbonyl (C=O) groups is 1. The quantitative estimate of drug-likeness (QED) is 0.349. The van der Waals surface area contributed by atoms with Crippen molar-refractivity contribution in [1.29, 1.82) is 0 Å². The van der Waals surface area contributed by atoms with E-state index in [-0.39, 0.29) is 5.91 Å². The Kier molecular flexibility index (Phi) is 7.29. The summed E-state index contributed by atoms with van der Waals surface area (Å²) in [5.74, 6) is 3.14. The summed E-state index contributed by atoms with van der Waals surface area (Å²) in [6, 6.07) is 16.2. The fourth-order valence-corrected chi connectivity index (χ4v) is 3.59. The second-order valence-electron chi connectivity index (χ2n) is 8.01. The van der Waals surface area contributed by atoms with Crippen LogP contribution in [-0.2, 0) is 4.79 Å². The highest BCUT2D eigenvalue weighted by molar-refractivity contribution is 6.02. The van der Waals surface area contributed by atoms with Crippen LogP contribution in [0, 0.1) is 20.8 Å². The first-order valence-corrected chi connectivity index (χ1v) is 11.2. The van der Waals surface area contributed by atoms with Crippen molar-refractivity contribution in [2.45, 2.75) is 20.8 Å². The van der Waals surface area contributed by atoms with Crippen molar-refractivity contribution in [3.63, 3.8) is 0 Å². The van der Waals surface area contributed by atoms with Crippen LogP contribution < -0.4 is 19.5 Å². The fraction of sp³-hybridized carbons (Fsp3) is 0.185. The van der Waals surface area contributed by atoms with E-state index in [0.717, 1.165) is 17.0 Å². The normalized spacial score (nSPS) is 10.9. The number of ether oxygens (including phenoxy) is 3. The molecule has 2 aromatic heterocycles. The molecule has 2 aromatic carbocycles. The van der Waals surface area contributed by atoms with Gasteiger partial charge in [0, 0.05) is 23.5 Å². The molecule has 4 rings (SSSR count). The molecule has 0 unspecified atom stereocenters. The Morgan fingerprint density at radius 2 is 1.67 bits per heavy atom. The van der Waals surface area contributed by atoms with Crippen LogP contribution in [0.2, 0.25) is 0 Å². The van der Waals surface area contributed by atoms with Crippen molar-refractivity contribution < 1.29 is 19.0 Å². The van der Waals surface area contributed by atoms with E-state index in [9.17, 15) is 4.79 Å². The number of methoxy groups -OCH3 is 2. The highest BCUT2D eigenvalue weighted by atomic mass is 16.5. The van der Waals surface area contributed by atoms with Crippen molar-refractivity contribution in [3.05, 3.63) is 83.4 Å². The number of aryl methyl sites for hydroxylation is 3. The van der Waals surface area contributed by atoms with Gasteiger partial charge in [-0.25, -0.2) is 9.67 Å². The first-order chi connectivity index (χ1) is 17.3. The van der Waals surface area contributed by atoms with Gasteiger partial charge in [0.15, 0.2) is 17.3 Å². The molecule has 0 spiro atoms. The molecule has 0 radical (unpaired) electrons. The Balaban J connectivity index is 1.41. The zero-order valence-electron chi connectivity index (χ0n) is 20.8. The summed E-state index contributed by atoms with van der Waals surface area (Å²) < 4.78 is 18.2. The highest BCUT2D eigenvalue weighted by Crippen LogP contribution is 2.28. The second kappa shape index (κ2) is 10.7. The third-order valence-corrected chi connectivity index (χ3v) is 5.21. The van der Waals surface area contributed by atoms with E-state index in [1.165, 1.54) is 6.08 Å². The van der Waals surface area contributed by atoms with Crippen LogP contribution in [0.1, 0.15) is 22.8 Å². The van der Waals surface area contributed by atoms with Crippen LogP contribution in [-0.4, -0.2) is 39.9 Å². The number of amides is 1. The number of anilines is 1. The van der Waals surface area contributed by atoms with E-state index in [4.69, 9.17) is 14.2 Å².